The Hall–Kier alpha value is -0.640. The molecule has 0 aromatic carbocycles. The number of carbonyl (C=O) groups excluding carboxylic acids is 1. The summed E-state index contributed by atoms with van der Waals surface area (Å²) in [5.41, 5.74) is 0. The number of hydrogen-bond acceptors (Lipinski definition) is 5. The van der Waals surface area contributed by atoms with Crippen LogP contribution in [0.1, 0.15) is 46.5 Å². The average molecular weight is 292 g/mol. The zero-order chi connectivity index (χ0) is 14.7. The second-order valence-electron chi connectivity index (χ2n) is 4.18. The van der Waals surface area contributed by atoms with Gasteiger partial charge >= 0.3 is 13.6 Å². The topological polar surface area (TPSA) is 61.8 Å². The molecule has 19 heavy (non-hydrogen) atoms. The molecule has 0 amide bonds. The summed E-state index contributed by atoms with van der Waals surface area (Å²) < 4.78 is 27.9. The van der Waals surface area contributed by atoms with Crippen LogP contribution in [0.3, 0.4) is 0 Å². The Balaban J connectivity index is 4.76. The van der Waals surface area contributed by atoms with Crippen molar-refractivity contribution >= 4 is 13.6 Å². The highest BCUT2D eigenvalue weighted by Gasteiger charge is 2.27. The fourth-order valence-electron chi connectivity index (χ4n) is 1.21. The Morgan fingerprint density at radius 2 is 1.58 bits per heavy atom. The van der Waals surface area contributed by atoms with Crippen molar-refractivity contribution in [3.8, 4) is 0 Å². The summed E-state index contributed by atoms with van der Waals surface area (Å²) in [7, 11) is -2.11. The first-order valence-electron chi connectivity index (χ1n) is 6.66. The summed E-state index contributed by atoms with van der Waals surface area (Å²) in [4.78, 5) is 11.2. The normalized spacial score (nSPS) is 12.5. The van der Waals surface area contributed by atoms with Gasteiger partial charge in [-0.25, -0.2) is 4.79 Å². The molecule has 0 saturated heterocycles. The predicted molar refractivity (Wildman–Crippen MR) is 75.1 cm³/mol. The fourth-order valence-corrected chi connectivity index (χ4v) is 2.69. The fraction of sp³-hybridized carbons (Fsp3) is 0.769. The van der Waals surface area contributed by atoms with Gasteiger partial charge in [0.05, 0.1) is 20.3 Å². The van der Waals surface area contributed by atoms with Gasteiger partial charge in [0, 0.05) is 11.4 Å². The van der Waals surface area contributed by atoms with Gasteiger partial charge in [-0.2, -0.15) is 0 Å². The molecule has 0 fully saturated rings. The quantitative estimate of drug-likeness (QED) is 0.264. The Morgan fingerprint density at radius 3 is 1.95 bits per heavy atom. The van der Waals surface area contributed by atoms with Crippen molar-refractivity contribution < 1.29 is 23.1 Å². The molecule has 0 rings (SSSR count). The van der Waals surface area contributed by atoms with Gasteiger partial charge in [-0.05, 0) is 19.8 Å². The third-order valence-electron chi connectivity index (χ3n) is 2.48. The number of carbonyl (C=O) groups is 1. The van der Waals surface area contributed by atoms with Crippen molar-refractivity contribution in [3.05, 3.63) is 11.4 Å². The Labute approximate surface area is 115 Å². The minimum absolute atomic E-state index is 0.284. The number of unbranched alkanes of at least 4 members (excludes halogenated alkanes) is 2. The van der Waals surface area contributed by atoms with Crippen LogP contribution in [0, 0.1) is 0 Å². The van der Waals surface area contributed by atoms with Crippen LogP contribution in [0.25, 0.3) is 0 Å². The molecule has 0 aromatic rings. The maximum atomic E-state index is 12.6. The summed E-state index contributed by atoms with van der Waals surface area (Å²) >= 11 is 0. The predicted octanol–water partition coefficient (Wildman–Crippen LogP) is 3.89. The molecule has 0 atom stereocenters. The van der Waals surface area contributed by atoms with Crippen molar-refractivity contribution in [1.82, 2.24) is 0 Å². The molecule has 6 heteroatoms. The Kier molecular flexibility index (Phi) is 9.84. The zero-order valence-corrected chi connectivity index (χ0v) is 13.2. The van der Waals surface area contributed by atoms with E-state index in [0.29, 0.717) is 13.2 Å². The minimum Gasteiger partial charge on any atom is -0.466 e. The number of methoxy groups -OCH3 is 1. The number of hydrogen-bond donors (Lipinski definition) is 0. The third kappa shape index (κ3) is 7.51. The van der Waals surface area contributed by atoms with Gasteiger partial charge in [0.15, 0.2) is 0 Å². The summed E-state index contributed by atoms with van der Waals surface area (Å²) in [6, 6.07) is 0. The number of esters is 1. The van der Waals surface area contributed by atoms with E-state index < -0.39 is 13.6 Å². The standard InChI is InChI=1S/C13H25O5P/c1-5-7-9-17-19(15,18-10-8-6-2)12(3)11-13(14)16-4/h11H,5-10H2,1-4H3/b12-11-. The molecule has 0 aliphatic rings. The molecule has 0 aliphatic heterocycles. The average Bonchev–Trinajstić information content (AvgIpc) is 2.39. The third-order valence-corrected chi connectivity index (χ3v) is 4.52. The molecular formula is C13H25O5P. The summed E-state index contributed by atoms with van der Waals surface area (Å²) in [6.45, 7) is 6.31. The molecule has 0 radical (unpaired) electrons. The zero-order valence-electron chi connectivity index (χ0n) is 12.3. The molecule has 5 nitrogen and oxygen atoms in total. The minimum atomic E-state index is -3.38. The Bertz CT molecular complexity index is 324. The van der Waals surface area contributed by atoms with Gasteiger partial charge in [0.25, 0.3) is 0 Å². The lowest BCUT2D eigenvalue weighted by atomic mass is 10.4. The van der Waals surface area contributed by atoms with Crippen LogP contribution in [-0.2, 0) is 23.1 Å². The van der Waals surface area contributed by atoms with Crippen molar-refractivity contribution in [3.63, 3.8) is 0 Å². The largest absolute Gasteiger partial charge is 0.466 e. The van der Waals surface area contributed by atoms with Crippen LogP contribution in [0.4, 0.5) is 0 Å². The van der Waals surface area contributed by atoms with Crippen molar-refractivity contribution in [1.29, 1.82) is 0 Å². The Morgan fingerprint density at radius 1 is 1.11 bits per heavy atom. The van der Waals surface area contributed by atoms with Crippen LogP contribution in [0.5, 0.6) is 0 Å². The van der Waals surface area contributed by atoms with Gasteiger partial charge in [-0.1, -0.05) is 26.7 Å². The van der Waals surface area contributed by atoms with Gasteiger partial charge in [-0.15, -0.1) is 0 Å². The van der Waals surface area contributed by atoms with Gasteiger partial charge in [0.1, 0.15) is 0 Å². The number of ether oxygens (including phenoxy) is 1. The molecule has 0 N–H and O–H groups in total. The maximum Gasteiger partial charge on any atom is 0.357 e. The van der Waals surface area contributed by atoms with Gasteiger partial charge in [0.2, 0.25) is 0 Å². The molecule has 0 heterocycles. The summed E-state index contributed by atoms with van der Waals surface area (Å²) in [5, 5.41) is 0.284. The molecule has 112 valence electrons. The highest BCUT2D eigenvalue weighted by molar-refractivity contribution is 7.58. The molecule has 0 spiro atoms. The van der Waals surface area contributed by atoms with Crippen LogP contribution in [0.15, 0.2) is 11.4 Å². The monoisotopic (exact) mass is 292 g/mol. The van der Waals surface area contributed by atoms with E-state index >= 15 is 0 Å². The first kappa shape index (κ1) is 18.4. The van der Waals surface area contributed by atoms with Crippen LogP contribution in [-0.4, -0.2) is 26.3 Å². The first-order valence-corrected chi connectivity index (χ1v) is 8.20. The SMILES string of the molecule is CCCCOP(=O)(OCCCC)/C(C)=C\C(=O)OC. The van der Waals surface area contributed by atoms with Crippen LogP contribution >= 0.6 is 7.60 Å². The molecule has 0 bridgehead atoms. The summed E-state index contributed by atoms with van der Waals surface area (Å²) in [5.74, 6) is -0.559. The highest BCUT2D eigenvalue weighted by atomic mass is 31.2. The highest BCUT2D eigenvalue weighted by Crippen LogP contribution is 2.56. The second-order valence-corrected chi connectivity index (χ2v) is 6.40. The van der Waals surface area contributed by atoms with E-state index in [-0.39, 0.29) is 5.31 Å². The van der Waals surface area contributed by atoms with Crippen molar-refractivity contribution in [2.45, 2.75) is 46.5 Å². The summed E-state index contributed by atoms with van der Waals surface area (Å²) in [6.07, 6.45) is 4.64. The van der Waals surface area contributed by atoms with Gasteiger partial charge in [-0.3, -0.25) is 4.57 Å². The molecule has 0 aliphatic carbocycles. The van der Waals surface area contributed by atoms with Gasteiger partial charge < -0.3 is 13.8 Å². The second kappa shape index (κ2) is 10.2. The molecular weight excluding hydrogens is 267 g/mol. The lowest BCUT2D eigenvalue weighted by molar-refractivity contribution is -0.134. The van der Waals surface area contributed by atoms with Crippen molar-refractivity contribution in [2.75, 3.05) is 20.3 Å². The molecule has 0 unspecified atom stereocenters. The molecule has 0 saturated carbocycles. The lowest BCUT2D eigenvalue weighted by Gasteiger charge is -2.19. The van der Waals surface area contributed by atoms with E-state index in [4.69, 9.17) is 9.05 Å². The maximum absolute atomic E-state index is 12.6. The van der Waals surface area contributed by atoms with E-state index in [1.165, 1.54) is 13.2 Å². The number of allylic oxidation sites excluding steroid dienone is 1. The van der Waals surface area contributed by atoms with E-state index in [1.54, 1.807) is 6.92 Å². The first-order chi connectivity index (χ1) is 9.00. The lowest BCUT2D eigenvalue weighted by Crippen LogP contribution is -2.03. The van der Waals surface area contributed by atoms with E-state index in [2.05, 4.69) is 4.74 Å². The van der Waals surface area contributed by atoms with Crippen LogP contribution < -0.4 is 0 Å². The van der Waals surface area contributed by atoms with E-state index in [0.717, 1.165) is 25.7 Å². The smallest absolute Gasteiger partial charge is 0.357 e. The van der Waals surface area contributed by atoms with Crippen LogP contribution in [0.2, 0.25) is 0 Å². The number of rotatable bonds is 10. The molecule has 0 aromatic heterocycles. The van der Waals surface area contributed by atoms with Crippen molar-refractivity contribution in [2.24, 2.45) is 0 Å². The van der Waals surface area contributed by atoms with E-state index in [9.17, 15) is 9.36 Å². The van der Waals surface area contributed by atoms with E-state index in [1.807, 2.05) is 13.8 Å².